The number of hydrogen-bond donors (Lipinski definition) is 0. The van der Waals surface area contributed by atoms with Gasteiger partial charge in [0.15, 0.2) is 22.7 Å². The second-order valence-corrected chi connectivity index (χ2v) is 8.99. The summed E-state index contributed by atoms with van der Waals surface area (Å²) < 4.78 is 16.2. The van der Waals surface area contributed by atoms with Crippen LogP contribution in [0.5, 0.6) is 17.2 Å². The van der Waals surface area contributed by atoms with Gasteiger partial charge < -0.3 is 19.1 Å². The minimum atomic E-state index is -1.55. The molecule has 184 valence electrons. The summed E-state index contributed by atoms with van der Waals surface area (Å²) in [6, 6.07) is 23.1. The molecule has 0 saturated carbocycles. The van der Waals surface area contributed by atoms with E-state index < -0.39 is 23.4 Å². The fourth-order valence-corrected chi connectivity index (χ4v) is 5.58. The first-order valence-corrected chi connectivity index (χ1v) is 11.8. The number of fused-ring (bicyclic) bond motifs is 3. The lowest BCUT2D eigenvalue weighted by Crippen LogP contribution is -2.44. The maximum atomic E-state index is 14.3. The summed E-state index contributed by atoms with van der Waals surface area (Å²) in [5.41, 5.74) is 1.29. The van der Waals surface area contributed by atoms with Crippen molar-refractivity contribution in [2.24, 2.45) is 5.41 Å². The molecule has 0 unspecified atom stereocenters. The maximum Gasteiger partial charge on any atom is 0.185 e. The van der Waals surface area contributed by atoms with E-state index in [0.717, 1.165) is 11.3 Å². The number of nitrogens with zero attached hydrogens (tertiary/aromatic N) is 3. The quantitative estimate of drug-likeness (QED) is 0.448. The fourth-order valence-electron chi connectivity index (χ4n) is 5.58. The maximum absolute atomic E-state index is 14.3. The van der Waals surface area contributed by atoms with E-state index in [2.05, 4.69) is 12.1 Å². The Morgan fingerprint density at radius 2 is 1.59 bits per heavy atom. The molecule has 1 saturated heterocycles. The molecule has 1 fully saturated rings. The molecule has 2 aliphatic heterocycles. The van der Waals surface area contributed by atoms with Crippen molar-refractivity contribution in [3.8, 4) is 29.4 Å². The Kier molecular flexibility index (Phi) is 6.07. The van der Waals surface area contributed by atoms with Gasteiger partial charge in [0, 0.05) is 17.2 Å². The Bertz CT molecular complexity index is 1450. The van der Waals surface area contributed by atoms with E-state index in [0.29, 0.717) is 28.4 Å². The normalized spacial score (nSPS) is 20.7. The molecular weight excluding hydrogens is 466 g/mol. The van der Waals surface area contributed by atoms with Crippen molar-refractivity contribution in [1.82, 2.24) is 0 Å². The molecule has 0 radical (unpaired) electrons. The summed E-state index contributed by atoms with van der Waals surface area (Å²) in [7, 11) is 4.64. The SMILES string of the molecule is COc1ccc(C(=O)[C@H]2[C@H](c3ccc(OC)c(OC)c3)C(C#N)(C#N)[C@@H]3C=Cc4ccccc4N32)cc1. The van der Waals surface area contributed by atoms with Crippen molar-refractivity contribution in [3.05, 3.63) is 89.5 Å². The number of methoxy groups -OCH3 is 3. The highest BCUT2D eigenvalue weighted by Gasteiger charge is 2.63. The minimum absolute atomic E-state index is 0.190. The predicted octanol–water partition coefficient (Wildman–Crippen LogP) is 5.00. The van der Waals surface area contributed by atoms with Crippen LogP contribution in [0.2, 0.25) is 0 Å². The van der Waals surface area contributed by atoms with Crippen LogP contribution in [0, 0.1) is 28.1 Å². The standard InChI is InChI=1S/C30H25N3O4/c1-35-22-12-8-20(9-13-22)29(34)28-27(21-10-14-24(36-2)25(16-21)37-3)30(17-31,18-32)26-15-11-19-6-4-5-7-23(19)33(26)28/h4-16,26-28H,1-3H3/t26-,27-,28+/m0/s1. The number of anilines is 1. The van der Waals surface area contributed by atoms with Crippen LogP contribution in [-0.2, 0) is 0 Å². The first kappa shape index (κ1) is 24.0. The van der Waals surface area contributed by atoms with Crippen LogP contribution in [0.25, 0.3) is 6.08 Å². The highest BCUT2D eigenvalue weighted by Crippen LogP contribution is 2.56. The zero-order valence-corrected chi connectivity index (χ0v) is 20.7. The molecule has 2 heterocycles. The van der Waals surface area contributed by atoms with E-state index in [1.54, 1.807) is 56.7 Å². The Balaban J connectivity index is 1.76. The number of rotatable bonds is 6. The molecule has 7 heteroatoms. The van der Waals surface area contributed by atoms with Gasteiger partial charge in [0.1, 0.15) is 11.8 Å². The molecule has 0 spiro atoms. The summed E-state index contributed by atoms with van der Waals surface area (Å²) in [6.45, 7) is 0. The number of nitriles is 2. The van der Waals surface area contributed by atoms with Gasteiger partial charge in [-0.2, -0.15) is 10.5 Å². The molecule has 5 rings (SSSR count). The van der Waals surface area contributed by atoms with E-state index in [1.165, 1.54) is 7.11 Å². The average molecular weight is 492 g/mol. The van der Waals surface area contributed by atoms with Crippen LogP contribution in [0.1, 0.15) is 27.4 Å². The van der Waals surface area contributed by atoms with Crippen LogP contribution in [0.3, 0.4) is 0 Å². The smallest absolute Gasteiger partial charge is 0.185 e. The minimum Gasteiger partial charge on any atom is -0.497 e. The molecule has 3 aromatic rings. The number of ketones is 1. The van der Waals surface area contributed by atoms with Gasteiger partial charge in [0.05, 0.1) is 39.5 Å². The Morgan fingerprint density at radius 1 is 0.892 bits per heavy atom. The van der Waals surface area contributed by atoms with Crippen LogP contribution in [-0.4, -0.2) is 39.2 Å². The van der Waals surface area contributed by atoms with E-state index in [-0.39, 0.29) is 5.78 Å². The van der Waals surface area contributed by atoms with Crippen LogP contribution in [0.15, 0.2) is 72.8 Å². The van der Waals surface area contributed by atoms with E-state index in [9.17, 15) is 15.3 Å². The van der Waals surface area contributed by atoms with Gasteiger partial charge in [0.25, 0.3) is 0 Å². The third-order valence-electron chi connectivity index (χ3n) is 7.33. The second kappa shape index (κ2) is 9.37. The van der Waals surface area contributed by atoms with Gasteiger partial charge in [-0.1, -0.05) is 36.4 Å². The van der Waals surface area contributed by atoms with Gasteiger partial charge >= 0.3 is 0 Å². The summed E-state index contributed by atoms with van der Waals surface area (Å²) >= 11 is 0. The summed E-state index contributed by atoms with van der Waals surface area (Å²) in [4.78, 5) is 16.3. The third kappa shape index (κ3) is 3.59. The second-order valence-electron chi connectivity index (χ2n) is 8.99. The molecule has 3 aromatic carbocycles. The van der Waals surface area contributed by atoms with Gasteiger partial charge in [0.2, 0.25) is 0 Å². The van der Waals surface area contributed by atoms with Crippen LogP contribution in [0.4, 0.5) is 5.69 Å². The van der Waals surface area contributed by atoms with Crippen molar-refractivity contribution in [3.63, 3.8) is 0 Å². The van der Waals surface area contributed by atoms with Crippen molar-refractivity contribution in [2.45, 2.75) is 18.0 Å². The molecule has 0 aromatic heterocycles. The molecule has 0 N–H and O–H groups in total. The van der Waals surface area contributed by atoms with Crippen LogP contribution < -0.4 is 19.1 Å². The van der Waals surface area contributed by atoms with Gasteiger partial charge in [-0.05, 0) is 53.6 Å². The largest absolute Gasteiger partial charge is 0.497 e. The highest BCUT2D eigenvalue weighted by atomic mass is 16.5. The van der Waals surface area contributed by atoms with E-state index in [4.69, 9.17) is 14.2 Å². The van der Waals surface area contributed by atoms with Gasteiger partial charge in [-0.25, -0.2) is 0 Å². The van der Waals surface area contributed by atoms with Gasteiger partial charge in [-0.15, -0.1) is 0 Å². The molecule has 3 atom stereocenters. The Morgan fingerprint density at radius 3 is 2.24 bits per heavy atom. The summed E-state index contributed by atoms with van der Waals surface area (Å²) in [6.07, 6.45) is 3.79. The zero-order valence-electron chi connectivity index (χ0n) is 20.7. The monoisotopic (exact) mass is 491 g/mol. The highest BCUT2D eigenvalue weighted by molar-refractivity contribution is 6.04. The molecule has 0 amide bonds. The van der Waals surface area contributed by atoms with E-state index >= 15 is 0 Å². The number of benzene rings is 3. The lowest BCUT2D eigenvalue weighted by atomic mass is 9.69. The number of hydrogen-bond acceptors (Lipinski definition) is 7. The number of carbonyl (C=O) groups excluding carboxylic acids is 1. The van der Waals surface area contributed by atoms with Crippen molar-refractivity contribution in [2.75, 3.05) is 26.2 Å². The first-order valence-electron chi connectivity index (χ1n) is 11.8. The molecule has 0 aliphatic carbocycles. The van der Waals surface area contributed by atoms with Crippen molar-refractivity contribution < 1.29 is 19.0 Å². The molecule has 7 nitrogen and oxygen atoms in total. The number of para-hydroxylation sites is 1. The average Bonchev–Trinajstić information content (AvgIpc) is 3.27. The summed E-state index contributed by atoms with van der Waals surface area (Å²) in [5.74, 6) is 0.639. The first-order chi connectivity index (χ1) is 18.0. The number of carbonyl (C=O) groups is 1. The zero-order chi connectivity index (χ0) is 26.2. The fraction of sp³-hybridized carbons (Fsp3) is 0.233. The lowest BCUT2D eigenvalue weighted by Gasteiger charge is -2.35. The summed E-state index contributed by atoms with van der Waals surface area (Å²) in [5, 5.41) is 21.2. The molecule has 2 aliphatic rings. The van der Waals surface area contributed by atoms with Gasteiger partial charge in [-0.3, -0.25) is 4.79 Å². The van der Waals surface area contributed by atoms with Crippen molar-refractivity contribution in [1.29, 1.82) is 10.5 Å². The third-order valence-corrected chi connectivity index (χ3v) is 7.33. The lowest BCUT2D eigenvalue weighted by molar-refractivity contribution is 0.0951. The molecule has 0 bridgehead atoms. The number of Topliss-reactive ketones (excluding diaryl/α,β-unsaturated/α-hetero) is 1. The predicted molar refractivity (Wildman–Crippen MR) is 139 cm³/mol. The number of ether oxygens (including phenoxy) is 3. The Hall–Kier alpha value is -4.75. The van der Waals surface area contributed by atoms with Crippen molar-refractivity contribution >= 4 is 17.5 Å². The topological polar surface area (TPSA) is 95.6 Å². The Labute approximate surface area is 215 Å². The molecular formula is C30H25N3O4. The molecule has 37 heavy (non-hydrogen) atoms. The van der Waals surface area contributed by atoms with Crippen LogP contribution >= 0.6 is 0 Å². The van der Waals surface area contributed by atoms with E-state index in [1.807, 2.05) is 41.3 Å².